The molecule has 0 saturated heterocycles. The van der Waals surface area contributed by atoms with Crippen molar-refractivity contribution in [1.29, 1.82) is 0 Å². The normalized spacial score (nSPS) is 9.89. The highest BCUT2D eigenvalue weighted by atomic mass is 16.6. The van der Waals surface area contributed by atoms with E-state index in [2.05, 4.69) is 0 Å². The molecule has 0 heterocycles. The lowest BCUT2D eigenvalue weighted by Gasteiger charge is -2.06. The van der Waals surface area contributed by atoms with Gasteiger partial charge < -0.3 is 4.74 Å². The van der Waals surface area contributed by atoms with Crippen LogP contribution in [0.4, 0.5) is 5.69 Å². The van der Waals surface area contributed by atoms with Crippen LogP contribution in [0.5, 0.6) is 0 Å². The maximum absolute atomic E-state index is 11.3. The number of hydrogen-bond acceptors (Lipinski definition) is 5. The predicted octanol–water partition coefficient (Wildman–Crippen LogP) is 1.82. The Labute approximate surface area is 104 Å². The van der Waals surface area contributed by atoms with Crippen LogP contribution in [-0.4, -0.2) is 23.8 Å². The highest BCUT2D eigenvalue weighted by Crippen LogP contribution is 2.22. The highest BCUT2D eigenvalue weighted by molar-refractivity contribution is 5.83. The molecule has 0 aliphatic rings. The summed E-state index contributed by atoms with van der Waals surface area (Å²) in [7, 11) is 0. The molecule has 1 aromatic carbocycles. The van der Waals surface area contributed by atoms with Crippen molar-refractivity contribution in [1.82, 2.24) is 0 Å². The first kappa shape index (κ1) is 13.8. The largest absolute Gasteiger partial charge is 0.466 e. The standard InChI is InChI=1S/C12H13NO5/c1-3-18-12(15)6-9-5-11(13(16)17)8(2)4-10(9)7-14/h4-5,7H,3,6H2,1-2H3. The minimum Gasteiger partial charge on any atom is -0.466 e. The molecule has 1 rings (SSSR count). The minimum atomic E-state index is -0.543. The maximum Gasteiger partial charge on any atom is 0.310 e. The Morgan fingerprint density at radius 3 is 2.67 bits per heavy atom. The Morgan fingerprint density at radius 1 is 1.50 bits per heavy atom. The van der Waals surface area contributed by atoms with Crippen molar-refractivity contribution < 1.29 is 19.2 Å². The first-order valence-electron chi connectivity index (χ1n) is 5.38. The van der Waals surface area contributed by atoms with E-state index in [1.165, 1.54) is 12.1 Å². The van der Waals surface area contributed by atoms with Crippen LogP contribution in [0.25, 0.3) is 0 Å². The third-order valence-electron chi connectivity index (χ3n) is 2.42. The number of nitro benzene ring substituents is 1. The Morgan fingerprint density at radius 2 is 2.17 bits per heavy atom. The zero-order valence-corrected chi connectivity index (χ0v) is 10.1. The van der Waals surface area contributed by atoms with Gasteiger partial charge in [-0.15, -0.1) is 0 Å². The van der Waals surface area contributed by atoms with E-state index < -0.39 is 10.9 Å². The molecule has 0 saturated carbocycles. The molecule has 0 bridgehead atoms. The number of carbonyl (C=O) groups excluding carboxylic acids is 2. The van der Waals surface area contributed by atoms with Gasteiger partial charge in [0, 0.05) is 17.2 Å². The van der Waals surface area contributed by atoms with Gasteiger partial charge in [-0.3, -0.25) is 19.7 Å². The Kier molecular flexibility index (Phi) is 4.53. The second-order valence-electron chi connectivity index (χ2n) is 3.69. The molecule has 18 heavy (non-hydrogen) atoms. The number of aldehydes is 1. The average Bonchev–Trinajstić information content (AvgIpc) is 2.30. The summed E-state index contributed by atoms with van der Waals surface area (Å²) in [4.78, 5) is 32.5. The quantitative estimate of drug-likeness (QED) is 0.345. The van der Waals surface area contributed by atoms with Crippen LogP contribution in [-0.2, 0) is 16.0 Å². The second kappa shape index (κ2) is 5.90. The fourth-order valence-corrected chi connectivity index (χ4v) is 1.59. The molecular weight excluding hydrogens is 238 g/mol. The van der Waals surface area contributed by atoms with E-state index in [1.807, 2.05) is 0 Å². The number of benzene rings is 1. The van der Waals surface area contributed by atoms with Gasteiger partial charge in [0.25, 0.3) is 5.69 Å². The van der Waals surface area contributed by atoms with E-state index in [0.29, 0.717) is 17.4 Å². The monoisotopic (exact) mass is 251 g/mol. The van der Waals surface area contributed by atoms with Gasteiger partial charge in [-0.05, 0) is 25.5 Å². The lowest BCUT2D eigenvalue weighted by molar-refractivity contribution is -0.385. The van der Waals surface area contributed by atoms with Gasteiger partial charge in [0.1, 0.15) is 6.29 Å². The summed E-state index contributed by atoms with van der Waals surface area (Å²) in [5.74, 6) is -0.515. The zero-order valence-electron chi connectivity index (χ0n) is 10.1. The Bertz CT molecular complexity index is 495. The van der Waals surface area contributed by atoms with E-state index in [0.717, 1.165) is 0 Å². The molecule has 6 nitrogen and oxygen atoms in total. The van der Waals surface area contributed by atoms with Crippen molar-refractivity contribution in [3.05, 3.63) is 38.9 Å². The first-order valence-corrected chi connectivity index (χ1v) is 5.38. The number of hydrogen-bond donors (Lipinski definition) is 0. The van der Waals surface area contributed by atoms with Crippen molar-refractivity contribution in [3.63, 3.8) is 0 Å². The number of nitrogens with zero attached hydrogens (tertiary/aromatic N) is 1. The van der Waals surface area contributed by atoms with Crippen LogP contribution in [0.2, 0.25) is 0 Å². The lowest BCUT2D eigenvalue weighted by atomic mass is 10.0. The van der Waals surface area contributed by atoms with Gasteiger partial charge in [0.2, 0.25) is 0 Å². The molecular formula is C12H13NO5. The summed E-state index contributed by atoms with van der Waals surface area (Å²) in [6.45, 7) is 3.43. The van der Waals surface area contributed by atoms with Gasteiger partial charge in [0.15, 0.2) is 0 Å². The molecule has 0 radical (unpaired) electrons. The van der Waals surface area contributed by atoms with Gasteiger partial charge in [-0.2, -0.15) is 0 Å². The molecule has 0 aliphatic heterocycles. The van der Waals surface area contributed by atoms with Gasteiger partial charge in [-0.1, -0.05) is 0 Å². The van der Waals surface area contributed by atoms with Crippen molar-refractivity contribution in [2.45, 2.75) is 20.3 Å². The minimum absolute atomic E-state index is 0.111. The van der Waals surface area contributed by atoms with E-state index in [1.54, 1.807) is 13.8 Å². The van der Waals surface area contributed by atoms with E-state index >= 15 is 0 Å². The van der Waals surface area contributed by atoms with Crippen LogP contribution >= 0.6 is 0 Å². The third-order valence-corrected chi connectivity index (χ3v) is 2.42. The average molecular weight is 251 g/mol. The molecule has 0 amide bonds. The SMILES string of the molecule is CCOC(=O)Cc1cc([N+](=O)[O-])c(C)cc1C=O. The fraction of sp³-hybridized carbons (Fsp3) is 0.333. The summed E-state index contributed by atoms with van der Waals surface area (Å²) in [6.07, 6.45) is 0.425. The van der Waals surface area contributed by atoms with Gasteiger partial charge in [0.05, 0.1) is 18.0 Å². The van der Waals surface area contributed by atoms with E-state index in [9.17, 15) is 19.7 Å². The molecule has 0 aliphatic carbocycles. The van der Waals surface area contributed by atoms with Crippen molar-refractivity contribution >= 4 is 17.9 Å². The molecule has 0 unspecified atom stereocenters. The maximum atomic E-state index is 11.3. The number of aryl methyl sites for hydroxylation is 1. The molecule has 0 spiro atoms. The van der Waals surface area contributed by atoms with Crippen LogP contribution in [0.15, 0.2) is 12.1 Å². The molecule has 0 aromatic heterocycles. The Balaban J connectivity index is 3.15. The highest BCUT2D eigenvalue weighted by Gasteiger charge is 2.17. The molecule has 1 aromatic rings. The number of rotatable bonds is 5. The second-order valence-corrected chi connectivity index (χ2v) is 3.69. The first-order chi connectivity index (χ1) is 8.49. The van der Waals surface area contributed by atoms with Crippen molar-refractivity contribution in [2.24, 2.45) is 0 Å². The molecule has 0 fully saturated rings. The summed E-state index contributed by atoms with van der Waals surface area (Å²) in [5.41, 5.74) is 0.849. The van der Waals surface area contributed by atoms with E-state index in [4.69, 9.17) is 4.74 Å². The molecule has 6 heteroatoms. The number of esters is 1. The number of carbonyl (C=O) groups is 2. The molecule has 0 atom stereocenters. The predicted molar refractivity (Wildman–Crippen MR) is 63.6 cm³/mol. The lowest BCUT2D eigenvalue weighted by Crippen LogP contribution is -2.10. The van der Waals surface area contributed by atoms with Gasteiger partial charge in [-0.25, -0.2) is 0 Å². The molecule has 96 valence electrons. The van der Waals surface area contributed by atoms with Crippen LogP contribution in [0.3, 0.4) is 0 Å². The number of nitro groups is 1. The smallest absolute Gasteiger partial charge is 0.310 e. The summed E-state index contributed by atoms with van der Waals surface area (Å²) in [5, 5.41) is 10.8. The zero-order chi connectivity index (χ0) is 13.7. The fourth-order valence-electron chi connectivity index (χ4n) is 1.59. The Hall–Kier alpha value is -2.24. The van der Waals surface area contributed by atoms with Crippen molar-refractivity contribution in [2.75, 3.05) is 6.61 Å². The van der Waals surface area contributed by atoms with Gasteiger partial charge >= 0.3 is 5.97 Å². The van der Waals surface area contributed by atoms with Crippen LogP contribution < -0.4 is 0 Å². The molecule has 0 N–H and O–H groups in total. The third kappa shape index (κ3) is 3.13. The van der Waals surface area contributed by atoms with Crippen LogP contribution in [0.1, 0.15) is 28.4 Å². The summed E-state index contributed by atoms with van der Waals surface area (Å²) < 4.78 is 4.75. The topological polar surface area (TPSA) is 86.5 Å². The number of ether oxygens (including phenoxy) is 1. The summed E-state index contributed by atoms with van der Waals surface area (Å²) in [6, 6.07) is 2.65. The van der Waals surface area contributed by atoms with E-state index in [-0.39, 0.29) is 24.3 Å². The van der Waals surface area contributed by atoms with Crippen molar-refractivity contribution in [3.8, 4) is 0 Å². The van der Waals surface area contributed by atoms with Crippen LogP contribution in [0, 0.1) is 17.0 Å². The summed E-state index contributed by atoms with van der Waals surface area (Å²) >= 11 is 0.